The minimum atomic E-state index is -0.487. The Kier molecular flexibility index (Phi) is 7.27. The fourth-order valence-electron chi connectivity index (χ4n) is 2.93. The molecule has 1 amide bonds. The van der Waals surface area contributed by atoms with Gasteiger partial charge in [0.25, 0.3) is 5.91 Å². The zero-order chi connectivity index (χ0) is 16.8. The summed E-state index contributed by atoms with van der Waals surface area (Å²) in [5.74, 6) is 0.287. The van der Waals surface area contributed by atoms with Crippen molar-refractivity contribution in [3.63, 3.8) is 0 Å². The van der Waals surface area contributed by atoms with E-state index >= 15 is 0 Å². The molecule has 1 aromatic carbocycles. The zero-order valence-corrected chi connectivity index (χ0v) is 14.6. The number of halogens is 2. The number of hydrogen-bond donors (Lipinski definition) is 3. The number of nitrogens with zero attached hydrogens (tertiary/aromatic N) is 3. The normalized spacial score (nSPS) is 16.4. The van der Waals surface area contributed by atoms with Crippen LogP contribution in [0, 0.1) is 11.7 Å². The lowest BCUT2D eigenvalue weighted by Crippen LogP contribution is -2.26. The van der Waals surface area contributed by atoms with Crippen LogP contribution in [-0.2, 0) is 12.8 Å². The van der Waals surface area contributed by atoms with Crippen LogP contribution in [0.4, 0.5) is 4.39 Å². The molecule has 136 valence electrons. The van der Waals surface area contributed by atoms with Gasteiger partial charge >= 0.3 is 0 Å². The lowest BCUT2D eigenvalue weighted by Gasteiger charge is -2.11. The fraction of sp³-hybridized carbons (Fsp3) is 0.500. The Hall–Kier alpha value is -2.06. The van der Waals surface area contributed by atoms with Gasteiger partial charge < -0.3 is 10.6 Å². The van der Waals surface area contributed by atoms with Crippen LogP contribution in [0.3, 0.4) is 0 Å². The molecule has 2 aromatic rings. The highest BCUT2D eigenvalue weighted by Gasteiger charge is 2.17. The number of aromatic amines is 1. The molecule has 0 bridgehead atoms. The number of carbonyl (C=O) groups excluding carboxylic acids is 1. The molecule has 0 aliphatic carbocycles. The van der Waals surface area contributed by atoms with Crippen LogP contribution in [-0.4, -0.2) is 46.2 Å². The highest BCUT2D eigenvalue weighted by Crippen LogP contribution is 2.18. The second-order valence-electron chi connectivity index (χ2n) is 6.06. The van der Waals surface area contributed by atoms with E-state index in [4.69, 9.17) is 0 Å². The molecular weight excluding hydrogens is 347 g/mol. The maximum absolute atomic E-state index is 14.0. The van der Waals surface area contributed by atoms with E-state index in [2.05, 4.69) is 31.3 Å². The van der Waals surface area contributed by atoms with E-state index in [1.54, 1.807) is 12.1 Å². The highest BCUT2D eigenvalue weighted by atomic mass is 35.5. The first-order valence-electron chi connectivity index (χ1n) is 8.22. The van der Waals surface area contributed by atoms with E-state index < -0.39 is 5.82 Å². The molecular formula is C16H22ClFN6O. The molecule has 0 spiro atoms. The van der Waals surface area contributed by atoms with Gasteiger partial charge in [-0.2, -0.15) is 5.21 Å². The average Bonchev–Trinajstić information content (AvgIpc) is 3.27. The summed E-state index contributed by atoms with van der Waals surface area (Å²) in [6.45, 7) is 2.44. The summed E-state index contributed by atoms with van der Waals surface area (Å²) in [5, 5.41) is 19.6. The minimum absolute atomic E-state index is 0. The summed E-state index contributed by atoms with van der Waals surface area (Å²) in [6.07, 6.45) is 3.26. The second-order valence-corrected chi connectivity index (χ2v) is 6.06. The van der Waals surface area contributed by atoms with Crippen molar-refractivity contribution in [1.29, 1.82) is 0 Å². The smallest absolute Gasteiger partial charge is 0.254 e. The number of aromatic nitrogens is 4. The van der Waals surface area contributed by atoms with Crippen molar-refractivity contribution >= 4 is 18.3 Å². The molecule has 9 heteroatoms. The summed E-state index contributed by atoms with van der Waals surface area (Å²) >= 11 is 0. The van der Waals surface area contributed by atoms with Gasteiger partial charge in [0.05, 0.1) is 5.56 Å². The Bertz CT molecular complexity index is 675. The Labute approximate surface area is 151 Å². The molecule has 0 radical (unpaired) electrons. The maximum atomic E-state index is 14.0. The SMILES string of the molecule is Cl.O=C(NCCCc1nn[nH]n1)c1cc(CC2CCNC2)ccc1F. The first-order valence-corrected chi connectivity index (χ1v) is 8.22. The molecule has 7 nitrogen and oxygen atoms in total. The topological polar surface area (TPSA) is 95.6 Å². The van der Waals surface area contributed by atoms with Crippen molar-refractivity contribution in [2.45, 2.75) is 25.7 Å². The molecule has 3 N–H and O–H groups in total. The first kappa shape index (κ1) is 19.3. The molecule has 3 rings (SSSR count). The lowest BCUT2D eigenvalue weighted by molar-refractivity contribution is 0.0949. The predicted octanol–water partition coefficient (Wildman–Crippen LogP) is 1.28. The van der Waals surface area contributed by atoms with Crippen molar-refractivity contribution in [2.24, 2.45) is 5.92 Å². The number of H-pyrrole nitrogens is 1. The predicted molar refractivity (Wildman–Crippen MR) is 93.2 cm³/mol. The summed E-state index contributed by atoms with van der Waals surface area (Å²) in [5.41, 5.74) is 1.11. The molecule has 1 atom stereocenters. The number of amides is 1. The Balaban J connectivity index is 0.00000225. The minimum Gasteiger partial charge on any atom is -0.352 e. The fourth-order valence-corrected chi connectivity index (χ4v) is 2.93. The van der Waals surface area contributed by atoms with Crippen molar-refractivity contribution in [3.8, 4) is 0 Å². The van der Waals surface area contributed by atoms with Crippen molar-refractivity contribution < 1.29 is 9.18 Å². The Morgan fingerprint density at radius 1 is 1.40 bits per heavy atom. The van der Waals surface area contributed by atoms with E-state index in [1.165, 1.54) is 6.07 Å². The van der Waals surface area contributed by atoms with Crippen LogP contribution in [0.1, 0.15) is 34.6 Å². The third-order valence-corrected chi connectivity index (χ3v) is 4.21. The molecule has 1 saturated heterocycles. The Morgan fingerprint density at radius 3 is 3.00 bits per heavy atom. The Morgan fingerprint density at radius 2 is 2.28 bits per heavy atom. The summed E-state index contributed by atoms with van der Waals surface area (Å²) in [4.78, 5) is 12.2. The summed E-state index contributed by atoms with van der Waals surface area (Å²) in [6, 6.07) is 4.81. The number of aryl methyl sites for hydroxylation is 1. The van der Waals surface area contributed by atoms with Crippen LogP contribution in [0.15, 0.2) is 18.2 Å². The third-order valence-electron chi connectivity index (χ3n) is 4.21. The van der Waals surface area contributed by atoms with Crippen molar-refractivity contribution in [2.75, 3.05) is 19.6 Å². The van der Waals surface area contributed by atoms with Crippen molar-refractivity contribution in [3.05, 3.63) is 41.0 Å². The van der Waals surface area contributed by atoms with Gasteiger partial charge in [-0.15, -0.1) is 22.6 Å². The van der Waals surface area contributed by atoms with Crippen LogP contribution in [0.2, 0.25) is 0 Å². The van der Waals surface area contributed by atoms with Gasteiger partial charge in [-0.1, -0.05) is 11.3 Å². The van der Waals surface area contributed by atoms with Gasteiger partial charge in [-0.25, -0.2) is 4.39 Å². The standard InChI is InChI=1S/C16H21FN6O.ClH/c17-14-4-3-11(8-12-5-7-18-10-12)9-13(14)16(24)19-6-1-2-15-20-22-23-21-15;/h3-4,9,12,18H,1-2,5-8,10H2,(H,19,24)(H,20,21,22,23);1H. The van der Waals surface area contributed by atoms with E-state index in [0.717, 1.165) is 31.5 Å². The average molecular weight is 369 g/mol. The largest absolute Gasteiger partial charge is 0.352 e. The van der Waals surface area contributed by atoms with Gasteiger partial charge in [-0.05, 0) is 56.0 Å². The van der Waals surface area contributed by atoms with Gasteiger partial charge in [0, 0.05) is 13.0 Å². The summed E-state index contributed by atoms with van der Waals surface area (Å²) < 4.78 is 14.0. The van der Waals surface area contributed by atoms with Crippen LogP contribution < -0.4 is 10.6 Å². The number of tetrazole rings is 1. The van der Waals surface area contributed by atoms with Crippen LogP contribution in [0.25, 0.3) is 0 Å². The molecule has 25 heavy (non-hydrogen) atoms. The number of benzene rings is 1. The third kappa shape index (κ3) is 5.47. The summed E-state index contributed by atoms with van der Waals surface area (Å²) in [7, 11) is 0. The molecule has 2 heterocycles. The van der Waals surface area contributed by atoms with E-state index in [9.17, 15) is 9.18 Å². The zero-order valence-electron chi connectivity index (χ0n) is 13.8. The van der Waals surface area contributed by atoms with Gasteiger partial charge in [0.2, 0.25) is 0 Å². The first-order chi connectivity index (χ1) is 11.7. The lowest BCUT2D eigenvalue weighted by atomic mass is 9.97. The quantitative estimate of drug-likeness (QED) is 0.640. The molecule has 1 aromatic heterocycles. The highest BCUT2D eigenvalue weighted by molar-refractivity contribution is 5.94. The van der Waals surface area contributed by atoms with Crippen molar-refractivity contribution in [1.82, 2.24) is 31.3 Å². The van der Waals surface area contributed by atoms with Crippen LogP contribution in [0.5, 0.6) is 0 Å². The van der Waals surface area contributed by atoms with Gasteiger partial charge in [-0.3, -0.25) is 4.79 Å². The number of rotatable bonds is 7. The second kappa shape index (κ2) is 9.43. The van der Waals surface area contributed by atoms with E-state index in [0.29, 0.717) is 31.1 Å². The molecule has 1 aliphatic rings. The molecule has 1 unspecified atom stereocenters. The molecule has 0 saturated carbocycles. The molecule has 1 aliphatic heterocycles. The van der Waals surface area contributed by atoms with E-state index in [-0.39, 0.29) is 23.9 Å². The monoisotopic (exact) mass is 368 g/mol. The van der Waals surface area contributed by atoms with Gasteiger partial charge in [0.15, 0.2) is 5.82 Å². The number of nitrogens with one attached hydrogen (secondary N) is 3. The van der Waals surface area contributed by atoms with Crippen LogP contribution >= 0.6 is 12.4 Å². The van der Waals surface area contributed by atoms with Gasteiger partial charge in [0.1, 0.15) is 5.82 Å². The number of hydrogen-bond acceptors (Lipinski definition) is 5. The number of carbonyl (C=O) groups is 1. The molecule has 1 fully saturated rings. The van der Waals surface area contributed by atoms with E-state index in [1.807, 2.05) is 0 Å². The maximum Gasteiger partial charge on any atom is 0.254 e.